The van der Waals surface area contributed by atoms with Crippen LogP contribution in [0.5, 0.6) is 0 Å². The maximum atomic E-state index is 11.5. The summed E-state index contributed by atoms with van der Waals surface area (Å²) in [7, 11) is -3.75. The van der Waals surface area contributed by atoms with Gasteiger partial charge in [-0.15, -0.1) is 0 Å². The molecule has 2 heterocycles. The zero-order chi connectivity index (χ0) is 15.8. The first kappa shape index (κ1) is 15.8. The maximum absolute atomic E-state index is 11.5. The molecule has 0 aliphatic carbocycles. The molecule has 0 bridgehead atoms. The minimum atomic E-state index is -3.75. The number of H-pyrrole nitrogens is 1. The van der Waals surface area contributed by atoms with Gasteiger partial charge in [0.15, 0.2) is 6.23 Å². The molecule has 3 N–H and O–H groups in total. The van der Waals surface area contributed by atoms with Crippen LogP contribution in [0.1, 0.15) is 6.23 Å². The lowest BCUT2D eigenvalue weighted by Crippen LogP contribution is -2.39. The van der Waals surface area contributed by atoms with Gasteiger partial charge in [0.2, 0.25) is 0 Å². The van der Waals surface area contributed by atoms with Gasteiger partial charge in [-0.3, -0.25) is 14.0 Å². The molecule has 12 heteroatoms. The van der Waals surface area contributed by atoms with Crippen molar-refractivity contribution in [2.45, 2.75) is 24.5 Å². The van der Waals surface area contributed by atoms with Crippen LogP contribution in [0.4, 0.5) is 0 Å². The second-order valence-electron chi connectivity index (χ2n) is 4.42. The van der Waals surface area contributed by atoms with E-state index >= 15 is 0 Å². The Morgan fingerprint density at radius 3 is 2.67 bits per heavy atom. The number of hydrogen-bond acceptors (Lipinski definition) is 9. The summed E-state index contributed by atoms with van der Waals surface area (Å²) in [4.78, 5) is 24.4. The van der Waals surface area contributed by atoms with Crippen molar-refractivity contribution in [1.82, 2.24) is 14.8 Å². The summed E-state index contributed by atoms with van der Waals surface area (Å²) in [6.07, 6.45) is -3.98. The number of nitrogens with zero attached hydrogens (tertiary/aromatic N) is 2. The van der Waals surface area contributed by atoms with Crippen molar-refractivity contribution >= 4 is 10.1 Å². The van der Waals surface area contributed by atoms with Gasteiger partial charge in [-0.25, -0.2) is 4.79 Å². The maximum Gasteiger partial charge on any atom is 0.347 e. The number of ether oxygens (including phenoxy) is 1. The van der Waals surface area contributed by atoms with Crippen molar-refractivity contribution in [2.75, 3.05) is 12.9 Å². The molecule has 1 aliphatic rings. The highest BCUT2D eigenvalue weighted by Gasteiger charge is 2.45. The summed E-state index contributed by atoms with van der Waals surface area (Å²) in [5.74, 6) is 0. The minimum Gasteiger partial charge on any atom is -0.387 e. The Balaban J connectivity index is 2.19. The highest BCUT2D eigenvalue weighted by atomic mass is 32.2. The van der Waals surface area contributed by atoms with Gasteiger partial charge in [0.1, 0.15) is 24.5 Å². The lowest BCUT2D eigenvalue weighted by atomic mass is 10.1. The van der Waals surface area contributed by atoms with Crippen molar-refractivity contribution < 1.29 is 27.6 Å². The van der Waals surface area contributed by atoms with Crippen LogP contribution in [0.2, 0.25) is 0 Å². The summed E-state index contributed by atoms with van der Waals surface area (Å²) in [6, 6.07) is 0. The van der Waals surface area contributed by atoms with E-state index in [9.17, 15) is 28.2 Å². The molecule has 0 amide bonds. The number of rotatable bonds is 4. The molecule has 4 atom stereocenters. The number of aliphatic hydroxyl groups excluding tert-OH is 2. The molecule has 1 aromatic rings. The van der Waals surface area contributed by atoms with E-state index in [4.69, 9.17) is 4.74 Å². The zero-order valence-electron chi connectivity index (χ0n) is 10.7. The van der Waals surface area contributed by atoms with E-state index in [-0.39, 0.29) is 0 Å². The van der Waals surface area contributed by atoms with E-state index in [1.165, 1.54) is 0 Å². The average molecular weight is 323 g/mol. The van der Waals surface area contributed by atoms with Crippen LogP contribution in [-0.4, -0.2) is 64.6 Å². The van der Waals surface area contributed by atoms with Crippen LogP contribution in [0.25, 0.3) is 0 Å². The minimum absolute atomic E-state index is 0.536. The predicted molar refractivity (Wildman–Crippen MR) is 65.8 cm³/mol. The van der Waals surface area contributed by atoms with Gasteiger partial charge in [0, 0.05) is 0 Å². The highest BCUT2D eigenvalue weighted by molar-refractivity contribution is 7.85. The van der Waals surface area contributed by atoms with Gasteiger partial charge in [-0.1, -0.05) is 0 Å². The summed E-state index contributed by atoms with van der Waals surface area (Å²) < 4.78 is 32.1. The average Bonchev–Trinajstić information content (AvgIpc) is 2.64. The number of nitrogens with one attached hydrogen (secondary N) is 1. The van der Waals surface area contributed by atoms with Crippen LogP contribution in [0, 0.1) is 0 Å². The summed E-state index contributed by atoms with van der Waals surface area (Å²) in [6.45, 7) is -0.536. The highest BCUT2D eigenvalue weighted by Crippen LogP contribution is 2.27. The summed E-state index contributed by atoms with van der Waals surface area (Å²) in [5.41, 5.74) is -1.68. The molecular formula is C9H13N3O8S. The second-order valence-corrected chi connectivity index (χ2v) is 6.06. The fraction of sp³-hybridized carbons (Fsp3) is 0.667. The fourth-order valence-electron chi connectivity index (χ4n) is 1.80. The Bertz CT molecular complexity index is 725. The van der Waals surface area contributed by atoms with Crippen molar-refractivity contribution in [3.05, 3.63) is 27.0 Å². The molecule has 1 aromatic heterocycles. The molecular weight excluding hydrogens is 310 g/mol. The molecule has 11 nitrogen and oxygen atoms in total. The Morgan fingerprint density at radius 1 is 1.43 bits per heavy atom. The van der Waals surface area contributed by atoms with Gasteiger partial charge >= 0.3 is 5.69 Å². The molecule has 0 unspecified atom stereocenters. The smallest absolute Gasteiger partial charge is 0.347 e. The fourth-order valence-corrected chi connectivity index (χ4v) is 2.18. The molecule has 2 rings (SSSR count). The first-order chi connectivity index (χ1) is 9.69. The molecule has 1 aliphatic heterocycles. The monoisotopic (exact) mass is 323 g/mol. The quantitative estimate of drug-likeness (QED) is 0.478. The largest absolute Gasteiger partial charge is 0.387 e. The van der Waals surface area contributed by atoms with Crippen LogP contribution >= 0.6 is 0 Å². The molecule has 0 saturated carbocycles. The van der Waals surface area contributed by atoms with Crippen LogP contribution in [0.3, 0.4) is 0 Å². The number of aromatic amines is 1. The number of aromatic nitrogens is 3. The van der Waals surface area contributed by atoms with E-state index in [1.54, 1.807) is 0 Å². The van der Waals surface area contributed by atoms with Crippen LogP contribution in [0.15, 0.2) is 15.8 Å². The van der Waals surface area contributed by atoms with E-state index in [0.29, 0.717) is 4.68 Å². The Morgan fingerprint density at radius 2 is 2.10 bits per heavy atom. The van der Waals surface area contributed by atoms with Crippen molar-refractivity contribution in [2.24, 2.45) is 0 Å². The third-order valence-electron chi connectivity index (χ3n) is 2.76. The topological polar surface area (TPSA) is 161 Å². The number of hydrogen-bond donors (Lipinski definition) is 3. The number of aliphatic hydroxyl groups is 2. The van der Waals surface area contributed by atoms with Crippen LogP contribution < -0.4 is 11.2 Å². The zero-order valence-corrected chi connectivity index (χ0v) is 11.6. The third-order valence-corrected chi connectivity index (χ3v) is 3.33. The predicted octanol–water partition coefficient (Wildman–Crippen LogP) is -3.47. The van der Waals surface area contributed by atoms with E-state index in [1.807, 2.05) is 4.98 Å². The molecule has 0 radical (unpaired) electrons. The van der Waals surface area contributed by atoms with Gasteiger partial charge in [0.25, 0.3) is 15.7 Å². The van der Waals surface area contributed by atoms with E-state index in [0.717, 1.165) is 12.5 Å². The molecule has 118 valence electrons. The lowest BCUT2D eigenvalue weighted by Gasteiger charge is -2.14. The summed E-state index contributed by atoms with van der Waals surface area (Å²) >= 11 is 0. The van der Waals surface area contributed by atoms with Crippen molar-refractivity contribution in [3.8, 4) is 0 Å². The Kier molecular flexibility index (Phi) is 4.25. The third kappa shape index (κ3) is 3.54. The van der Waals surface area contributed by atoms with E-state index in [2.05, 4.69) is 9.28 Å². The molecule has 1 saturated heterocycles. The molecule has 21 heavy (non-hydrogen) atoms. The molecule has 0 spiro atoms. The van der Waals surface area contributed by atoms with Crippen molar-refractivity contribution in [3.63, 3.8) is 0 Å². The summed E-state index contributed by atoms with van der Waals surface area (Å²) in [5, 5.41) is 23.1. The van der Waals surface area contributed by atoms with Gasteiger partial charge in [0.05, 0.1) is 12.9 Å². The second kappa shape index (κ2) is 5.65. The van der Waals surface area contributed by atoms with Gasteiger partial charge in [-0.2, -0.15) is 18.2 Å². The lowest BCUT2D eigenvalue weighted by molar-refractivity contribution is -0.0580. The molecule has 1 fully saturated rings. The standard InChI is InChI=1S/C9H13N3O8S/c1-21(17,18)19-3-4-6(14)7(15)8(20-4)12-9(16)11-5(13)2-10-12/h2,4,6-8,14-15H,3H2,1H3,(H,11,13,16)/t4-,6+,7+,8-/m1/s1. The molecule has 0 aromatic carbocycles. The normalized spacial score (nSPS) is 29.7. The van der Waals surface area contributed by atoms with Crippen molar-refractivity contribution in [1.29, 1.82) is 0 Å². The Hall–Kier alpha value is -1.60. The SMILES string of the molecule is CS(=O)(=O)OC[C@H]1O[C@@H](n2ncc(=O)[nH]c2=O)[C@@H](O)[C@H]1O. The van der Waals surface area contributed by atoms with Gasteiger partial charge < -0.3 is 14.9 Å². The van der Waals surface area contributed by atoms with Gasteiger partial charge in [-0.05, 0) is 0 Å². The van der Waals surface area contributed by atoms with E-state index < -0.39 is 52.5 Å². The first-order valence-corrected chi connectivity index (χ1v) is 7.55. The van der Waals surface area contributed by atoms with Crippen LogP contribution in [-0.2, 0) is 19.0 Å². The Labute approximate surface area is 117 Å². The first-order valence-electron chi connectivity index (χ1n) is 5.73.